The summed E-state index contributed by atoms with van der Waals surface area (Å²) in [7, 11) is 0. The Labute approximate surface area is 212 Å². The zero-order valence-corrected chi connectivity index (χ0v) is 21.3. The number of hydrogen-bond donors (Lipinski definition) is 0. The van der Waals surface area contributed by atoms with Gasteiger partial charge in [-0.3, -0.25) is 24.1 Å². The third kappa shape index (κ3) is 4.65. The first-order valence-electron chi connectivity index (χ1n) is 12.5. The highest BCUT2D eigenvalue weighted by atomic mass is 16.2. The van der Waals surface area contributed by atoms with Crippen LogP contribution in [-0.4, -0.2) is 52.1 Å². The third-order valence-electron chi connectivity index (χ3n) is 7.00. The molecule has 3 heterocycles. The van der Waals surface area contributed by atoms with E-state index in [1.165, 1.54) is 6.07 Å². The molecule has 2 aliphatic rings. The third-order valence-corrected chi connectivity index (χ3v) is 7.00. The van der Waals surface area contributed by atoms with Gasteiger partial charge in [0.1, 0.15) is 18.4 Å². The summed E-state index contributed by atoms with van der Waals surface area (Å²) >= 11 is 0. The number of amides is 2. The average Bonchev–Trinajstić information content (AvgIpc) is 3.42. The standard InChI is InChI=1S/C29H34N4O3/c1-5-12-23(13-6-2)27(24-14-8-7-9-15-24)33-20-31(22(4)28(35)30-17-10-11-18-30)29(36)26-21(3)25(34)16-19-32(26)33/h5-9,12-16,19,22,27H,1,10-11,17-18,20H2,2-4H3/b13-6-,23-12+. The highest BCUT2D eigenvalue weighted by Gasteiger charge is 2.40. The molecule has 7 nitrogen and oxygen atoms in total. The molecule has 36 heavy (non-hydrogen) atoms. The highest BCUT2D eigenvalue weighted by molar-refractivity contribution is 5.98. The monoisotopic (exact) mass is 486 g/mol. The van der Waals surface area contributed by atoms with Crippen molar-refractivity contribution in [1.82, 2.24) is 14.5 Å². The fraction of sp³-hybridized carbons (Fsp3) is 0.345. The molecule has 1 aromatic heterocycles. The molecule has 0 radical (unpaired) electrons. The number of rotatable bonds is 7. The van der Waals surface area contributed by atoms with E-state index in [0.29, 0.717) is 18.7 Å². The summed E-state index contributed by atoms with van der Waals surface area (Å²) in [6.45, 7) is 10.9. The Balaban J connectivity index is 1.89. The average molecular weight is 487 g/mol. The summed E-state index contributed by atoms with van der Waals surface area (Å²) in [5.41, 5.74) is 2.42. The van der Waals surface area contributed by atoms with E-state index >= 15 is 0 Å². The minimum atomic E-state index is -0.661. The van der Waals surface area contributed by atoms with Crippen LogP contribution in [0.3, 0.4) is 0 Å². The van der Waals surface area contributed by atoms with Gasteiger partial charge in [-0.2, -0.15) is 0 Å². The van der Waals surface area contributed by atoms with Gasteiger partial charge in [-0.05, 0) is 44.7 Å². The van der Waals surface area contributed by atoms with Crippen molar-refractivity contribution in [2.24, 2.45) is 0 Å². The van der Waals surface area contributed by atoms with Gasteiger partial charge in [0.15, 0.2) is 5.43 Å². The second-order valence-electron chi connectivity index (χ2n) is 9.28. The van der Waals surface area contributed by atoms with E-state index in [1.807, 2.05) is 65.4 Å². The summed E-state index contributed by atoms with van der Waals surface area (Å²) in [6, 6.07) is 10.5. The highest BCUT2D eigenvalue weighted by Crippen LogP contribution is 2.32. The number of aromatic nitrogens is 1. The molecule has 0 N–H and O–H groups in total. The molecule has 1 aromatic carbocycles. The summed E-state index contributed by atoms with van der Waals surface area (Å²) in [5, 5.41) is 2.04. The molecule has 0 bridgehead atoms. The smallest absolute Gasteiger partial charge is 0.274 e. The number of nitrogens with zero attached hydrogens (tertiary/aromatic N) is 4. The molecule has 0 saturated carbocycles. The van der Waals surface area contributed by atoms with Gasteiger partial charge in [0.25, 0.3) is 5.91 Å². The number of pyridine rings is 1. The molecule has 7 heteroatoms. The Bertz CT molecular complexity index is 1260. The second-order valence-corrected chi connectivity index (χ2v) is 9.28. The van der Waals surface area contributed by atoms with E-state index in [-0.39, 0.29) is 35.6 Å². The lowest BCUT2D eigenvalue weighted by atomic mass is 9.96. The van der Waals surface area contributed by atoms with E-state index in [1.54, 1.807) is 35.7 Å². The van der Waals surface area contributed by atoms with E-state index < -0.39 is 6.04 Å². The Kier molecular flexibility index (Phi) is 7.58. The van der Waals surface area contributed by atoms with E-state index in [0.717, 1.165) is 24.0 Å². The van der Waals surface area contributed by atoms with Crippen molar-refractivity contribution in [1.29, 1.82) is 0 Å². The van der Waals surface area contributed by atoms with Gasteiger partial charge in [0, 0.05) is 30.9 Å². The van der Waals surface area contributed by atoms with Crippen molar-refractivity contribution in [2.45, 2.75) is 45.7 Å². The van der Waals surface area contributed by atoms with Gasteiger partial charge in [-0.15, -0.1) is 0 Å². The van der Waals surface area contributed by atoms with Crippen LogP contribution in [-0.2, 0) is 4.79 Å². The van der Waals surface area contributed by atoms with E-state index in [2.05, 4.69) is 6.58 Å². The van der Waals surface area contributed by atoms with Crippen LogP contribution in [0.4, 0.5) is 0 Å². The predicted octanol–water partition coefficient (Wildman–Crippen LogP) is 3.95. The first kappa shape index (κ1) is 25.2. The molecule has 2 aliphatic heterocycles. The Morgan fingerprint density at radius 2 is 1.78 bits per heavy atom. The molecule has 2 aromatic rings. The minimum absolute atomic E-state index is 0.0586. The van der Waals surface area contributed by atoms with E-state index in [4.69, 9.17) is 0 Å². The van der Waals surface area contributed by atoms with Gasteiger partial charge in [0.05, 0.1) is 6.04 Å². The Morgan fingerprint density at radius 1 is 1.08 bits per heavy atom. The summed E-state index contributed by atoms with van der Waals surface area (Å²) in [4.78, 5) is 43.2. The summed E-state index contributed by atoms with van der Waals surface area (Å²) in [6.07, 6.45) is 11.3. The molecule has 188 valence electrons. The van der Waals surface area contributed by atoms with Crippen LogP contribution in [0, 0.1) is 6.92 Å². The van der Waals surface area contributed by atoms with Gasteiger partial charge < -0.3 is 9.80 Å². The SMILES string of the molecule is C=C/C=C(\C=C/C)C(c1ccccc1)N1CN(C(C)C(=O)N2CCCC2)C(=O)c2c(C)c(=O)ccn21. The largest absolute Gasteiger partial charge is 0.341 e. The number of likely N-dealkylation sites (tertiary alicyclic amines) is 1. The number of fused-ring (bicyclic) bond motifs is 1. The fourth-order valence-electron chi connectivity index (χ4n) is 5.10. The molecule has 1 saturated heterocycles. The zero-order chi connectivity index (χ0) is 25.8. The first-order chi connectivity index (χ1) is 17.4. The number of allylic oxidation sites excluding steroid dienone is 3. The van der Waals surface area contributed by atoms with Crippen molar-refractivity contribution in [3.8, 4) is 0 Å². The lowest BCUT2D eigenvalue weighted by Crippen LogP contribution is -2.60. The van der Waals surface area contributed by atoms with Gasteiger partial charge >= 0.3 is 0 Å². The maximum Gasteiger partial charge on any atom is 0.274 e. The number of benzene rings is 1. The number of hydrogen-bond acceptors (Lipinski definition) is 4. The lowest BCUT2D eigenvalue weighted by molar-refractivity contribution is -0.134. The predicted molar refractivity (Wildman–Crippen MR) is 142 cm³/mol. The summed E-state index contributed by atoms with van der Waals surface area (Å²) in [5.74, 6) is -0.370. The molecule has 2 atom stereocenters. The molecule has 0 aliphatic carbocycles. The molecular formula is C29H34N4O3. The maximum atomic E-state index is 13.8. The quantitative estimate of drug-likeness (QED) is 0.556. The van der Waals surface area contributed by atoms with Crippen LogP contribution >= 0.6 is 0 Å². The van der Waals surface area contributed by atoms with Gasteiger partial charge in [-0.25, -0.2) is 0 Å². The van der Waals surface area contributed by atoms with Crippen molar-refractivity contribution >= 4 is 11.8 Å². The second kappa shape index (κ2) is 10.8. The minimum Gasteiger partial charge on any atom is -0.341 e. The number of carbonyl (C=O) groups excluding carboxylic acids is 2. The molecule has 2 amide bonds. The van der Waals surface area contributed by atoms with Crippen molar-refractivity contribution in [3.63, 3.8) is 0 Å². The zero-order valence-electron chi connectivity index (χ0n) is 21.3. The number of carbonyl (C=O) groups is 2. The lowest BCUT2D eigenvalue weighted by Gasteiger charge is -2.46. The first-order valence-corrected chi connectivity index (χ1v) is 12.5. The topological polar surface area (TPSA) is 65.9 Å². The maximum absolute atomic E-state index is 13.8. The van der Waals surface area contributed by atoms with Crippen LogP contribution in [0.1, 0.15) is 54.3 Å². The van der Waals surface area contributed by atoms with Gasteiger partial charge in [0.2, 0.25) is 5.91 Å². The molecule has 0 spiro atoms. The van der Waals surface area contributed by atoms with Crippen LogP contribution in [0.5, 0.6) is 0 Å². The summed E-state index contributed by atoms with van der Waals surface area (Å²) < 4.78 is 1.78. The van der Waals surface area contributed by atoms with Crippen molar-refractivity contribution in [3.05, 3.63) is 106 Å². The van der Waals surface area contributed by atoms with Crippen LogP contribution < -0.4 is 10.4 Å². The van der Waals surface area contributed by atoms with Crippen molar-refractivity contribution in [2.75, 3.05) is 24.8 Å². The van der Waals surface area contributed by atoms with Crippen LogP contribution in [0.25, 0.3) is 0 Å². The molecule has 1 fully saturated rings. The van der Waals surface area contributed by atoms with E-state index in [9.17, 15) is 14.4 Å². The fourth-order valence-corrected chi connectivity index (χ4v) is 5.10. The molecule has 4 rings (SSSR count). The Morgan fingerprint density at radius 3 is 2.42 bits per heavy atom. The molecule has 2 unspecified atom stereocenters. The molecular weight excluding hydrogens is 452 g/mol. The Hall–Kier alpha value is -3.87. The van der Waals surface area contributed by atoms with Gasteiger partial charge in [-0.1, -0.05) is 61.2 Å². The van der Waals surface area contributed by atoms with Crippen molar-refractivity contribution < 1.29 is 9.59 Å². The normalized spacial score (nSPS) is 17.9. The van der Waals surface area contributed by atoms with Crippen LogP contribution in [0.15, 0.2) is 83.8 Å². The van der Waals surface area contributed by atoms with Crippen LogP contribution in [0.2, 0.25) is 0 Å².